The summed E-state index contributed by atoms with van der Waals surface area (Å²) in [5.74, 6) is -0.489. The van der Waals surface area contributed by atoms with Crippen LogP contribution >= 0.6 is 0 Å². The van der Waals surface area contributed by atoms with Crippen molar-refractivity contribution in [3.8, 4) is 11.3 Å². The van der Waals surface area contributed by atoms with Crippen LogP contribution in [0.1, 0.15) is 31.1 Å². The van der Waals surface area contributed by atoms with E-state index in [-0.39, 0.29) is 12.3 Å². The molecule has 0 atom stereocenters. The number of amides is 1. The van der Waals surface area contributed by atoms with Crippen LogP contribution in [0.3, 0.4) is 0 Å². The maximum Gasteiger partial charge on any atom is 0.247 e. The molecule has 0 saturated carbocycles. The Morgan fingerprint density at radius 1 is 1.30 bits per heavy atom. The highest BCUT2D eigenvalue weighted by atomic mass is 16.1. The maximum absolute atomic E-state index is 12.7. The van der Waals surface area contributed by atoms with Crippen LogP contribution in [0.25, 0.3) is 28.0 Å². The van der Waals surface area contributed by atoms with Crippen molar-refractivity contribution in [2.75, 3.05) is 6.54 Å². The van der Waals surface area contributed by atoms with Crippen molar-refractivity contribution >= 4 is 28.4 Å². The van der Waals surface area contributed by atoms with Gasteiger partial charge < -0.3 is 10.7 Å². The van der Waals surface area contributed by atoms with Gasteiger partial charge in [0.2, 0.25) is 5.91 Å². The molecule has 1 aliphatic rings. The molecular formula is C20H18N5O2. The van der Waals surface area contributed by atoms with Crippen LogP contribution in [0.5, 0.6) is 0 Å². The summed E-state index contributed by atoms with van der Waals surface area (Å²) in [5.41, 5.74) is 8.30. The van der Waals surface area contributed by atoms with E-state index in [1.54, 1.807) is 18.5 Å². The maximum atomic E-state index is 12.7. The molecule has 4 rings (SSSR count). The fourth-order valence-corrected chi connectivity index (χ4v) is 3.05. The second-order valence-electron chi connectivity index (χ2n) is 7.54. The summed E-state index contributed by atoms with van der Waals surface area (Å²) < 4.78 is 0. The van der Waals surface area contributed by atoms with E-state index in [2.05, 4.69) is 26.0 Å². The summed E-state index contributed by atoms with van der Waals surface area (Å²) in [7, 11) is 0. The Hall–Kier alpha value is -3.35. The summed E-state index contributed by atoms with van der Waals surface area (Å²) >= 11 is 0. The molecule has 0 unspecified atom stereocenters. The number of nitrogens with zero attached hydrogens (tertiary/aromatic N) is 3. The van der Waals surface area contributed by atoms with Crippen LogP contribution in [-0.2, 0) is 4.79 Å². The van der Waals surface area contributed by atoms with Gasteiger partial charge in [-0.15, -0.1) is 0 Å². The first kappa shape index (κ1) is 17.1. The highest BCUT2D eigenvalue weighted by Crippen LogP contribution is 2.26. The Balaban J connectivity index is 1.85. The lowest BCUT2D eigenvalue weighted by Crippen LogP contribution is -2.28. The molecule has 27 heavy (non-hydrogen) atoms. The number of hydrogen-bond acceptors (Lipinski definition) is 5. The summed E-state index contributed by atoms with van der Waals surface area (Å²) in [6, 6.07) is 6.64. The third-order valence-corrected chi connectivity index (χ3v) is 4.53. The van der Waals surface area contributed by atoms with Crippen molar-refractivity contribution in [2.45, 2.75) is 20.8 Å². The monoisotopic (exact) mass is 360 g/mol. The van der Waals surface area contributed by atoms with Gasteiger partial charge in [-0.1, -0.05) is 20.8 Å². The topological polar surface area (TPSA) is 114 Å². The van der Waals surface area contributed by atoms with Gasteiger partial charge in [-0.3, -0.25) is 14.6 Å². The smallest absolute Gasteiger partial charge is 0.247 e. The normalized spacial score (nSPS) is 13.5. The summed E-state index contributed by atoms with van der Waals surface area (Å²) in [5, 5.41) is 1.29. The third kappa shape index (κ3) is 2.81. The molecule has 7 nitrogen and oxygen atoms in total. The minimum atomic E-state index is -0.520. The predicted octanol–water partition coefficient (Wildman–Crippen LogP) is 0.923. The van der Waals surface area contributed by atoms with E-state index in [1.807, 2.05) is 26.8 Å². The van der Waals surface area contributed by atoms with Crippen molar-refractivity contribution in [1.29, 1.82) is 0 Å². The molecule has 0 spiro atoms. The first-order valence-electron chi connectivity index (χ1n) is 8.54. The molecule has 0 bridgehead atoms. The van der Waals surface area contributed by atoms with Crippen molar-refractivity contribution in [1.82, 2.24) is 15.0 Å². The number of carbonyl (C=O) groups excluding carboxylic acids is 2. The molecular weight excluding hydrogens is 342 g/mol. The van der Waals surface area contributed by atoms with Gasteiger partial charge in [0.1, 0.15) is 5.52 Å². The highest BCUT2D eigenvalue weighted by molar-refractivity contribution is 6.13. The van der Waals surface area contributed by atoms with Gasteiger partial charge in [-0.2, -0.15) is 0 Å². The van der Waals surface area contributed by atoms with Crippen molar-refractivity contribution < 1.29 is 9.59 Å². The molecule has 3 aromatic rings. The number of benzene rings is 1. The number of nitrogens with two attached hydrogens (primary N) is 1. The van der Waals surface area contributed by atoms with Gasteiger partial charge in [0, 0.05) is 28.0 Å². The molecule has 1 radical (unpaired) electrons. The zero-order chi connectivity index (χ0) is 19.3. The number of hydrogen-bond donors (Lipinski definition) is 2. The number of fused-ring (bicyclic) bond motifs is 2. The minimum Gasteiger partial charge on any atom is -0.366 e. The number of H-pyrrole nitrogens is 1. The molecule has 0 fully saturated rings. The van der Waals surface area contributed by atoms with E-state index < -0.39 is 11.3 Å². The number of Topliss-reactive ketones (excluding diaryl/α,β-unsaturated/α-hetero) is 1. The Bertz CT molecular complexity index is 1230. The van der Waals surface area contributed by atoms with Crippen molar-refractivity contribution in [3.63, 3.8) is 0 Å². The Morgan fingerprint density at radius 3 is 2.78 bits per heavy atom. The number of rotatable bonds is 3. The van der Waals surface area contributed by atoms with E-state index in [4.69, 9.17) is 5.73 Å². The molecule has 135 valence electrons. The number of aromatic amines is 1. The third-order valence-electron chi connectivity index (χ3n) is 4.53. The first-order valence-corrected chi connectivity index (χ1v) is 8.54. The SMILES string of the molecule is CC(C)(C)C(=O)c1c[nH]c2ncc(-c3c[c]c4c(c3)=NCC=4C(N)=O)nc12. The highest BCUT2D eigenvalue weighted by Gasteiger charge is 2.26. The van der Waals surface area contributed by atoms with Gasteiger partial charge in [-0.25, -0.2) is 9.97 Å². The summed E-state index contributed by atoms with van der Waals surface area (Å²) in [4.78, 5) is 40.5. The zero-order valence-electron chi connectivity index (χ0n) is 15.3. The first-order chi connectivity index (χ1) is 12.8. The lowest BCUT2D eigenvalue weighted by atomic mass is 9.87. The van der Waals surface area contributed by atoms with Crippen LogP contribution in [0.15, 0.2) is 29.5 Å². The number of nitrogens with one attached hydrogen (secondary N) is 1. The molecule has 3 heterocycles. The number of ketones is 1. The number of primary amides is 1. The fourth-order valence-electron chi connectivity index (χ4n) is 3.05. The van der Waals surface area contributed by atoms with E-state index in [9.17, 15) is 9.59 Å². The Morgan fingerprint density at radius 2 is 2.07 bits per heavy atom. The van der Waals surface area contributed by atoms with Crippen molar-refractivity contribution in [3.05, 3.63) is 46.7 Å². The van der Waals surface area contributed by atoms with Crippen LogP contribution in [0.2, 0.25) is 0 Å². The standard InChI is InChI=1S/C20H18N5O2/c1-20(2,3)17(26)13-8-23-19-16(13)25-15(9-24-19)10-4-5-11-12(18(21)27)7-22-14(11)6-10/h4,6,8-9H,7H2,1-3H3,(H2,21,27)(H,23,24). The van der Waals surface area contributed by atoms with Gasteiger partial charge in [0.25, 0.3) is 0 Å². The molecule has 2 aromatic heterocycles. The molecule has 0 aliphatic carbocycles. The van der Waals surface area contributed by atoms with Gasteiger partial charge in [0.15, 0.2) is 11.4 Å². The zero-order valence-corrected chi connectivity index (χ0v) is 15.3. The lowest BCUT2D eigenvalue weighted by Gasteiger charge is -2.15. The summed E-state index contributed by atoms with van der Waals surface area (Å²) in [6.45, 7) is 5.87. The van der Waals surface area contributed by atoms with Crippen LogP contribution in [0.4, 0.5) is 0 Å². The molecule has 0 saturated heterocycles. The van der Waals surface area contributed by atoms with Gasteiger partial charge in [0.05, 0.1) is 29.4 Å². The van der Waals surface area contributed by atoms with Crippen molar-refractivity contribution in [2.24, 2.45) is 16.1 Å². The fraction of sp³-hybridized carbons (Fsp3) is 0.250. The van der Waals surface area contributed by atoms with Gasteiger partial charge in [-0.05, 0) is 18.2 Å². The molecule has 3 N–H and O–H groups in total. The van der Waals surface area contributed by atoms with Crippen LogP contribution < -0.4 is 16.3 Å². The van der Waals surface area contributed by atoms with Crippen LogP contribution in [0, 0.1) is 11.5 Å². The predicted molar refractivity (Wildman–Crippen MR) is 100 cm³/mol. The average Bonchev–Trinajstić information content (AvgIpc) is 3.23. The second kappa shape index (κ2) is 5.84. The minimum absolute atomic E-state index is 0.00332. The van der Waals surface area contributed by atoms with E-state index in [1.165, 1.54) is 0 Å². The molecule has 7 heteroatoms. The van der Waals surface area contributed by atoms with E-state index in [0.29, 0.717) is 38.6 Å². The lowest BCUT2D eigenvalue weighted by molar-refractivity contribution is -0.112. The average molecular weight is 360 g/mol. The van der Waals surface area contributed by atoms with Gasteiger partial charge >= 0.3 is 0 Å². The van der Waals surface area contributed by atoms with E-state index >= 15 is 0 Å². The Labute approximate surface area is 155 Å². The molecule has 1 aliphatic heterocycles. The second-order valence-corrected chi connectivity index (χ2v) is 7.54. The number of aromatic nitrogens is 3. The molecule has 1 amide bonds. The van der Waals surface area contributed by atoms with E-state index in [0.717, 1.165) is 5.56 Å². The quantitative estimate of drug-likeness (QED) is 0.676. The Kier molecular flexibility index (Phi) is 3.69. The largest absolute Gasteiger partial charge is 0.366 e. The number of carbonyl (C=O) groups is 2. The van der Waals surface area contributed by atoms with Crippen LogP contribution in [-0.4, -0.2) is 33.2 Å². The summed E-state index contributed by atoms with van der Waals surface area (Å²) in [6.07, 6.45) is 3.29. The molecule has 1 aromatic carbocycles.